The number of hydrogen-bond acceptors (Lipinski definition) is 4. The molecule has 0 spiro atoms. The van der Waals surface area contributed by atoms with Gasteiger partial charge in [-0.25, -0.2) is 0 Å². The summed E-state index contributed by atoms with van der Waals surface area (Å²) in [5, 5.41) is 0.602. The van der Waals surface area contributed by atoms with Crippen molar-refractivity contribution in [2.75, 3.05) is 44.3 Å². The quantitative estimate of drug-likeness (QED) is 0.678. The van der Waals surface area contributed by atoms with Crippen LogP contribution in [0.4, 0.5) is 18.9 Å². The van der Waals surface area contributed by atoms with E-state index in [-0.39, 0.29) is 0 Å². The van der Waals surface area contributed by atoms with Crippen molar-refractivity contribution >= 4 is 29.1 Å². The molecule has 2 fully saturated rings. The van der Waals surface area contributed by atoms with Gasteiger partial charge < -0.3 is 9.64 Å². The van der Waals surface area contributed by atoms with Crippen molar-refractivity contribution in [3.8, 4) is 0 Å². The lowest BCUT2D eigenvalue weighted by Gasteiger charge is -2.43. The van der Waals surface area contributed by atoms with Crippen molar-refractivity contribution in [2.24, 2.45) is 0 Å². The molecular weight excluding hydrogens is 409 g/mol. The van der Waals surface area contributed by atoms with Crippen LogP contribution < -0.4 is 4.90 Å². The van der Waals surface area contributed by atoms with Gasteiger partial charge in [0.25, 0.3) is 0 Å². The van der Waals surface area contributed by atoms with Crippen LogP contribution in [0.25, 0.3) is 0 Å². The van der Waals surface area contributed by atoms with Gasteiger partial charge in [0.05, 0.1) is 30.5 Å². The summed E-state index contributed by atoms with van der Waals surface area (Å²) >= 11 is 7.26. The zero-order valence-corrected chi connectivity index (χ0v) is 16.7. The Morgan fingerprint density at radius 1 is 0.964 bits per heavy atom. The van der Waals surface area contributed by atoms with E-state index in [9.17, 15) is 13.2 Å². The highest BCUT2D eigenvalue weighted by Gasteiger charge is 2.33. The molecule has 2 saturated heterocycles. The summed E-state index contributed by atoms with van der Waals surface area (Å²) in [4.78, 5) is 6.04. The highest BCUT2D eigenvalue weighted by Crippen LogP contribution is 2.40. The number of anilines is 1. The molecule has 0 saturated carbocycles. The Kier molecular flexibility index (Phi) is 5.78. The van der Waals surface area contributed by atoms with Gasteiger partial charge in [-0.3, -0.25) is 4.90 Å². The Labute approximate surface area is 171 Å². The smallest absolute Gasteiger partial charge is 0.378 e. The zero-order chi connectivity index (χ0) is 19.7. The van der Waals surface area contributed by atoms with Crippen LogP contribution in [0.2, 0.25) is 5.02 Å². The van der Waals surface area contributed by atoms with Crippen LogP contribution >= 0.6 is 23.4 Å². The Morgan fingerprint density at radius 2 is 1.64 bits per heavy atom. The molecule has 0 N–H and O–H groups in total. The maximum absolute atomic E-state index is 13.3. The number of benzene rings is 2. The van der Waals surface area contributed by atoms with E-state index in [0.717, 1.165) is 50.0 Å². The summed E-state index contributed by atoms with van der Waals surface area (Å²) < 4.78 is 45.0. The third-order valence-electron chi connectivity index (χ3n) is 5.12. The number of ether oxygens (including phenoxy) is 1. The van der Waals surface area contributed by atoms with Crippen molar-refractivity contribution in [3.63, 3.8) is 0 Å². The summed E-state index contributed by atoms with van der Waals surface area (Å²) in [5.41, 5.74) is 0.218. The maximum atomic E-state index is 13.3. The van der Waals surface area contributed by atoms with Crippen LogP contribution in [0.5, 0.6) is 0 Å². The minimum atomic E-state index is -4.36. The third kappa shape index (κ3) is 4.43. The van der Waals surface area contributed by atoms with Gasteiger partial charge in [0, 0.05) is 41.0 Å². The second-order valence-electron chi connectivity index (χ2n) is 6.95. The molecule has 3 nitrogen and oxygen atoms in total. The molecule has 2 heterocycles. The largest absolute Gasteiger partial charge is 0.416 e. The lowest BCUT2D eigenvalue weighted by atomic mass is 10.1. The Morgan fingerprint density at radius 3 is 2.21 bits per heavy atom. The van der Waals surface area contributed by atoms with Crippen molar-refractivity contribution in [1.29, 1.82) is 0 Å². The minimum absolute atomic E-state index is 0.484. The molecule has 0 atom stereocenters. The normalized spacial score (nSPS) is 18.9. The van der Waals surface area contributed by atoms with E-state index in [1.165, 1.54) is 23.9 Å². The van der Waals surface area contributed by atoms with E-state index >= 15 is 0 Å². The molecule has 2 aliphatic rings. The fourth-order valence-corrected chi connectivity index (χ4v) is 4.56. The van der Waals surface area contributed by atoms with Gasteiger partial charge in [0.2, 0.25) is 0 Å². The van der Waals surface area contributed by atoms with Crippen LogP contribution in [0, 0.1) is 0 Å². The lowest BCUT2D eigenvalue weighted by Crippen LogP contribution is -2.56. The van der Waals surface area contributed by atoms with Gasteiger partial charge >= 0.3 is 6.18 Å². The maximum Gasteiger partial charge on any atom is 0.416 e. The van der Waals surface area contributed by atoms with E-state index in [0.29, 0.717) is 16.0 Å². The summed E-state index contributed by atoms with van der Waals surface area (Å²) in [6.45, 7) is 4.90. The highest BCUT2D eigenvalue weighted by atomic mass is 35.5. The van der Waals surface area contributed by atoms with Gasteiger partial charge in [-0.15, -0.1) is 0 Å². The summed E-state index contributed by atoms with van der Waals surface area (Å²) in [5.74, 6) is 0. The van der Waals surface area contributed by atoms with Gasteiger partial charge in [-0.05, 0) is 42.5 Å². The van der Waals surface area contributed by atoms with Crippen molar-refractivity contribution in [2.45, 2.75) is 22.0 Å². The van der Waals surface area contributed by atoms with E-state index in [1.807, 2.05) is 12.1 Å². The van der Waals surface area contributed by atoms with E-state index in [2.05, 4.69) is 9.80 Å². The van der Waals surface area contributed by atoms with Crippen molar-refractivity contribution < 1.29 is 17.9 Å². The van der Waals surface area contributed by atoms with Crippen LogP contribution in [-0.2, 0) is 10.9 Å². The number of nitrogens with zero attached hydrogens (tertiary/aromatic N) is 2. The molecule has 0 aliphatic carbocycles. The molecule has 0 unspecified atom stereocenters. The molecule has 2 aromatic carbocycles. The average Bonchev–Trinajstić information content (AvgIpc) is 2.62. The van der Waals surface area contributed by atoms with Crippen molar-refractivity contribution in [3.05, 3.63) is 53.1 Å². The number of piperazine rings is 1. The first kappa shape index (κ1) is 19.9. The molecule has 0 bridgehead atoms. The minimum Gasteiger partial charge on any atom is -0.378 e. The van der Waals surface area contributed by atoms with E-state index in [1.54, 1.807) is 18.2 Å². The first-order valence-electron chi connectivity index (χ1n) is 9.11. The zero-order valence-electron chi connectivity index (χ0n) is 15.1. The fraction of sp³-hybridized carbons (Fsp3) is 0.400. The fourth-order valence-electron chi connectivity index (χ4n) is 3.43. The second-order valence-corrected chi connectivity index (χ2v) is 8.50. The Hall–Kier alpha value is -1.41. The Bertz CT molecular complexity index is 819. The van der Waals surface area contributed by atoms with Crippen LogP contribution in [0.3, 0.4) is 0 Å². The molecule has 4 rings (SSSR count). The van der Waals surface area contributed by atoms with Crippen LogP contribution in [-0.4, -0.2) is 50.3 Å². The van der Waals surface area contributed by atoms with E-state index in [4.69, 9.17) is 16.3 Å². The number of halogens is 4. The number of rotatable bonds is 4. The van der Waals surface area contributed by atoms with Crippen LogP contribution in [0.1, 0.15) is 5.56 Å². The molecule has 150 valence electrons. The van der Waals surface area contributed by atoms with Gasteiger partial charge in [-0.1, -0.05) is 23.4 Å². The monoisotopic (exact) mass is 428 g/mol. The topological polar surface area (TPSA) is 15.7 Å². The van der Waals surface area contributed by atoms with Gasteiger partial charge in [0.15, 0.2) is 0 Å². The standard InChI is InChI=1S/C20H20ClF3N2OS/c21-15-2-4-17(5-3-15)28-19-11-14(20(22,23)24)1-6-18(19)26-9-7-25(8-10-26)16-12-27-13-16/h1-6,11,16H,7-10,12-13H2. The van der Waals surface area contributed by atoms with Gasteiger partial charge in [-0.2, -0.15) is 13.2 Å². The molecule has 0 aromatic heterocycles. The molecule has 2 aliphatic heterocycles. The summed E-state index contributed by atoms with van der Waals surface area (Å²) in [6.07, 6.45) is -4.36. The highest BCUT2D eigenvalue weighted by molar-refractivity contribution is 7.99. The molecule has 8 heteroatoms. The van der Waals surface area contributed by atoms with Crippen LogP contribution in [0.15, 0.2) is 52.3 Å². The average molecular weight is 429 g/mol. The van der Waals surface area contributed by atoms with E-state index < -0.39 is 11.7 Å². The summed E-state index contributed by atoms with van der Waals surface area (Å²) in [7, 11) is 0. The predicted octanol–water partition coefficient (Wildman–Crippen LogP) is 5.03. The predicted molar refractivity (Wildman–Crippen MR) is 105 cm³/mol. The Balaban J connectivity index is 1.57. The number of hydrogen-bond donors (Lipinski definition) is 0. The van der Waals surface area contributed by atoms with Gasteiger partial charge in [0.1, 0.15) is 0 Å². The third-order valence-corrected chi connectivity index (χ3v) is 6.43. The molecule has 2 aromatic rings. The first-order chi connectivity index (χ1) is 13.4. The molecule has 0 amide bonds. The lowest BCUT2D eigenvalue weighted by molar-refractivity contribution is -0.137. The molecule has 0 radical (unpaired) electrons. The molecular formula is C20H20ClF3N2OS. The number of alkyl halides is 3. The summed E-state index contributed by atoms with van der Waals surface area (Å²) in [6, 6.07) is 11.7. The van der Waals surface area contributed by atoms with Crippen molar-refractivity contribution in [1.82, 2.24) is 4.90 Å². The second kappa shape index (κ2) is 8.14. The molecule has 28 heavy (non-hydrogen) atoms. The first-order valence-corrected chi connectivity index (χ1v) is 10.3. The SMILES string of the molecule is FC(F)(F)c1ccc(N2CCN(C3COC3)CC2)c(Sc2ccc(Cl)cc2)c1.